The van der Waals surface area contributed by atoms with Crippen LogP contribution in [0.3, 0.4) is 0 Å². The summed E-state index contributed by atoms with van der Waals surface area (Å²) in [5.74, 6) is 0. The lowest BCUT2D eigenvalue weighted by atomic mass is 10.00. The Morgan fingerprint density at radius 2 is 1.95 bits per heavy atom. The molecule has 1 aromatic carbocycles. The molecule has 1 aliphatic carbocycles. The zero-order valence-electron chi connectivity index (χ0n) is 12.1. The summed E-state index contributed by atoms with van der Waals surface area (Å²) in [5, 5.41) is 10.1. The zero-order chi connectivity index (χ0) is 13.8. The Labute approximate surface area is 121 Å². The molecule has 1 aliphatic heterocycles. The maximum Gasteiger partial charge on any atom is 0.0900 e. The number of nitrogens with zero attached hydrogens (tertiary/aromatic N) is 1. The fourth-order valence-corrected chi connectivity index (χ4v) is 3.36. The Hall–Kier alpha value is -0.900. The number of rotatable bonds is 5. The van der Waals surface area contributed by atoms with Gasteiger partial charge >= 0.3 is 0 Å². The standard InChI is InChI=1S/C17H25NO2/c19-16(13-20-17-7-3-4-8-17)12-18-10-9-14-5-1-2-6-15(14)11-18/h1-2,5-6,16-17,19H,3-4,7-13H2. The van der Waals surface area contributed by atoms with Gasteiger partial charge in [0.2, 0.25) is 0 Å². The molecule has 0 amide bonds. The highest BCUT2D eigenvalue weighted by Crippen LogP contribution is 2.21. The average Bonchev–Trinajstić information content (AvgIpc) is 2.98. The quantitative estimate of drug-likeness (QED) is 0.895. The van der Waals surface area contributed by atoms with Crippen molar-refractivity contribution in [3.8, 4) is 0 Å². The van der Waals surface area contributed by atoms with Gasteiger partial charge in [-0.05, 0) is 30.4 Å². The molecule has 0 radical (unpaired) electrons. The van der Waals surface area contributed by atoms with Crippen LogP contribution in [-0.4, -0.2) is 41.9 Å². The molecule has 0 saturated heterocycles. The van der Waals surface area contributed by atoms with Crippen molar-refractivity contribution >= 4 is 0 Å². The van der Waals surface area contributed by atoms with Crippen molar-refractivity contribution in [2.24, 2.45) is 0 Å². The molecule has 2 aliphatic rings. The summed E-state index contributed by atoms with van der Waals surface area (Å²) in [6.45, 7) is 3.21. The normalized spacial score (nSPS) is 21.9. The van der Waals surface area contributed by atoms with Crippen LogP contribution in [0.1, 0.15) is 36.8 Å². The number of aliphatic hydroxyl groups is 1. The van der Waals surface area contributed by atoms with Gasteiger partial charge in [0.25, 0.3) is 0 Å². The SMILES string of the molecule is OC(COC1CCCC1)CN1CCc2ccccc2C1. The molecule has 110 valence electrons. The molecule has 1 unspecified atom stereocenters. The number of fused-ring (bicyclic) bond motifs is 1. The molecule has 0 aromatic heterocycles. The fourth-order valence-electron chi connectivity index (χ4n) is 3.36. The minimum atomic E-state index is -0.360. The van der Waals surface area contributed by atoms with E-state index in [0.29, 0.717) is 12.7 Å². The van der Waals surface area contributed by atoms with Gasteiger partial charge in [-0.25, -0.2) is 0 Å². The zero-order valence-corrected chi connectivity index (χ0v) is 12.1. The van der Waals surface area contributed by atoms with E-state index in [4.69, 9.17) is 4.74 Å². The highest BCUT2D eigenvalue weighted by Gasteiger charge is 2.20. The highest BCUT2D eigenvalue weighted by atomic mass is 16.5. The van der Waals surface area contributed by atoms with Gasteiger partial charge in [0.05, 0.1) is 18.8 Å². The number of aliphatic hydroxyl groups excluding tert-OH is 1. The second-order valence-electron chi connectivity index (χ2n) is 6.15. The number of hydrogen-bond acceptors (Lipinski definition) is 3. The van der Waals surface area contributed by atoms with Crippen molar-refractivity contribution in [1.82, 2.24) is 4.90 Å². The van der Waals surface area contributed by atoms with Gasteiger partial charge in [0, 0.05) is 19.6 Å². The van der Waals surface area contributed by atoms with E-state index in [1.165, 1.54) is 36.8 Å². The van der Waals surface area contributed by atoms with Crippen LogP contribution in [0.4, 0.5) is 0 Å². The van der Waals surface area contributed by atoms with Gasteiger partial charge in [-0.3, -0.25) is 4.90 Å². The summed E-state index contributed by atoms with van der Waals surface area (Å²) in [7, 11) is 0. The smallest absolute Gasteiger partial charge is 0.0900 e. The van der Waals surface area contributed by atoms with E-state index >= 15 is 0 Å². The van der Waals surface area contributed by atoms with Crippen molar-refractivity contribution in [1.29, 1.82) is 0 Å². The van der Waals surface area contributed by atoms with Gasteiger partial charge in [0.15, 0.2) is 0 Å². The fraction of sp³-hybridized carbons (Fsp3) is 0.647. The van der Waals surface area contributed by atoms with E-state index in [1.807, 2.05) is 0 Å². The van der Waals surface area contributed by atoms with Gasteiger partial charge in [-0.1, -0.05) is 37.1 Å². The number of benzene rings is 1. The third-order valence-corrected chi connectivity index (χ3v) is 4.51. The molecule has 1 heterocycles. The van der Waals surface area contributed by atoms with Crippen molar-refractivity contribution < 1.29 is 9.84 Å². The van der Waals surface area contributed by atoms with Crippen LogP contribution in [0.5, 0.6) is 0 Å². The second-order valence-corrected chi connectivity index (χ2v) is 6.15. The summed E-state index contributed by atoms with van der Waals surface area (Å²) in [4.78, 5) is 2.34. The van der Waals surface area contributed by atoms with E-state index < -0.39 is 0 Å². The van der Waals surface area contributed by atoms with Crippen LogP contribution in [0.15, 0.2) is 24.3 Å². The maximum atomic E-state index is 10.1. The van der Waals surface area contributed by atoms with Gasteiger partial charge in [0.1, 0.15) is 0 Å². The third kappa shape index (κ3) is 3.60. The molecule has 1 fully saturated rings. The van der Waals surface area contributed by atoms with E-state index in [1.54, 1.807) is 0 Å². The molecular weight excluding hydrogens is 250 g/mol. The van der Waals surface area contributed by atoms with Gasteiger partial charge < -0.3 is 9.84 Å². The molecule has 3 heteroatoms. The lowest BCUT2D eigenvalue weighted by Gasteiger charge is -2.30. The molecule has 3 nitrogen and oxygen atoms in total. The minimum absolute atomic E-state index is 0.360. The molecule has 20 heavy (non-hydrogen) atoms. The molecule has 1 saturated carbocycles. The predicted octanol–water partition coefficient (Wildman–Crippen LogP) is 2.36. The van der Waals surface area contributed by atoms with E-state index in [-0.39, 0.29) is 6.10 Å². The first kappa shape index (κ1) is 14.1. The van der Waals surface area contributed by atoms with Crippen molar-refractivity contribution in [3.63, 3.8) is 0 Å². The highest BCUT2D eigenvalue weighted by molar-refractivity contribution is 5.29. The van der Waals surface area contributed by atoms with Gasteiger partial charge in [-0.15, -0.1) is 0 Å². The molecule has 1 aromatic rings. The first-order chi connectivity index (χ1) is 9.81. The van der Waals surface area contributed by atoms with E-state index in [9.17, 15) is 5.11 Å². The molecule has 1 atom stereocenters. The molecule has 3 rings (SSSR count). The first-order valence-electron chi connectivity index (χ1n) is 7.90. The maximum absolute atomic E-state index is 10.1. The topological polar surface area (TPSA) is 32.7 Å². The Balaban J connectivity index is 1.44. The predicted molar refractivity (Wildman–Crippen MR) is 79.6 cm³/mol. The Morgan fingerprint density at radius 1 is 1.20 bits per heavy atom. The number of β-amino-alcohol motifs (C(OH)–C–C–N with tert-alkyl or cyclic N) is 1. The minimum Gasteiger partial charge on any atom is -0.389 e. The lowest BCUT2D eigenvalue weighted by molar-refractivity contribution is -0.0198. The van der Waals surface area contributed by atoms with Crippen LogP contribution in [-0.2, 0) is 17.7 Å². The summed E-state index contributed by atoms with van der Waals surface area (Å²) >= 11 is 0. The summed E-state index contributed by atoms with van der Waals surface area (Å²) < 4.78 is 5.80. The number of ether oxygens (including phenoxy) is 1. The average molecular weight is 275 g/mol. The summed E-state index contributed by atoms with van der Waals surface area (Å²) in [6.07, 6.45) is 6.03. The molecule has 1 N–H and O–H groups in total. The molecule has 0 bridgehead atoms. The lowest BCUT2D eigenvalue weighted by Crippen LogP contribution is -2.38. The van der Waals surface area contributed by atoms with Crippen molar-refractivity contribution in [3.05, 3.63) is 35.4 Å². The van der Waals surface area contributed by atoms with Crippen molar-refractivity contribution in [2.75, 3.05) is 19.7 Å². The second kappa shape index (κ2) is 6.70. The summed E-state index contributed by atoms with van der Waals surface area (Å²) in [5.41, 5.74) is 2.86. The molecule has 0 spiro atoms. The summed E-state index contributed by atoms with van der Waals surface area (Å²) in [6, 6.07) is 8.62. The van der Waals surface area contributed by atoms with Crippen LogP contribution in [0.25, 0.3) is 0 Å². The number of hydrogen-bond donors (Lipinski definition) is 1. The van der Waals surface area contributed by atoms with Crippen molar-refractivity contribution in [2.45, 2.75) is 50.9 Å². The van der Waals surface area contributed by atoms with E-state index in [2.05, 4.69) is 29.2 Å². The largest absolute Gasteiger partial charge is 0.389 e. The molecular formula is C17H25NO2. The Bertz CT molecular complexity index is 429. The third-order valence-electron chi connectivity index (χ3n) is 4.51. The van der Waals surface area contributed by atoms with E-state index in [0.717, 1.165) is 26.1 Å². The van der Waals surface area contributed by atoms with Crippen LogP contribution in [0, 0.1) is 0 Å². The monoisotopic (exact) mass is 275 g/mol. The van der Waals surface area contributed by atoms with Gasteiger partial charge in [-0.2, -0.15) is 0 Å². The van der Waals surface area contributed by atoms with Crippen LogP contribution >= 0.6 is 0 Å². The van der Waals surface area contributed by atoms with Crippen LogP contribution in [0.2, 0.25) is 0 Å². The van der Waals surface area contributed by atoms with Crippen LogP contribution < -0.4 is 0 Å². The first-order valence-corrected chi connectivity index (χ1v) is 7.90. The Kier molecular flexibility index (Phi) is 4.71. The Morgan fingerprint density at radius 3 is 2.75 bits per heavy atom.